The van der Waals surface area contributed by atoms with Crippen molar-refractivity contribution in [1.29, 1.82) is 5.26 Å². The highest BCUT2D eigenvalue weighted by Crippen LogP contribution is 2.25. The van der Waals surface area contributed by atoms with Crippen molar-refractivity contribution in [2.24, 2.45) is 0 Å². The maximum atomic E-state index is 12.5. The van der Waals surface area contributed by atoms with Gasteiger partial charge in [-0.2, -0.15) is 5.26 Å². The summed E-state index contributed by atoms with van der Waals surface area (Å²) in [5.41, 5.74) is 1.67. The fourth-order valence-electron chi connectivity index (χ4n) is 2.37. The summed E-state index contributed by atoms with van der Waals surface area (Å²) in [4.78, 5) is 38.8. The Bertz CT molecular complexity index is 663. The van der Waals surface area contributed by atoms with Gasteiger partial charge in [0.1, 0.15) is 12.6 Å². The predicted molar refractivity (Wildman–Crippen MR) is 83.5 cm³/mol. The van der Waals surface area contributed by atoms with E-state index in [1.54, 1.807) is 19.1 Å². The van der Waals surface area contributed by atoms with Crippen LogP contribution in [0.2, 0.25) is 0 Å². The van der Waals surface area contributed by atoms with Crippen molar-refractivity contribution >= 4 is 23.5 Å². The average molecular weight is 314 g/mol. The zero-order valence-electron chi connectivity index (χ0n) is 13.1. The van der Waals surface area contributed by atoms with Gasteiger partial charge in [-0.05, 0) is 26.0 Å². The molecule has 0 spiro atoms. The van der Waals surface area contributed by atoms with Crippen molar-refractivity contribution in [3.63, 3.8) is 0 Å². The number of carbonyl (C=O) groups is 3. The number of imide groups is 1. The second-order valence-corrected chi connectivity index (χ2v) is 5.35. The van der Waals surface area contributed by atoms with E-state index >= 15 is 0 Å². The number of nitrogens with one attached hydrogen (secondary N) is 1. The second kappa shape index (κ2) is 6.92. The second-order valence-electron chi connectivity index (χ2n) is 5.35. The maximum Gasteiger partial charge on any atom is 0.332 e. The third-order valence-corrected chi connectivity index (χ3v) is 3.62. The molecular weight excluding hydrogens is 296 g/mol. The molecule has 4 amide bonds. The molecule has 1 N–H and O–H groups in total. The van der Waals surface area contributed by atoms with Crippen LogP contribution in [0.25, 0.3) is 0 Å². The van der Waals surface area contributed by atoms with Crippen molar-refractivity contribution in [3.8, 4) is 6.07 Å². The van der Waals surface area contributed by atoms with Crippen LogP contribution in [0, 0.1) is 18.3 Å². The predicted octanol–water partition coefficient (Wildman–Crippen LogP) is 1.18. The molecule has 1 fully saturated rings. The molecule has 0 radical (unpaired) electrons. The molecule has 0 aromatic heterocycles. The van der Waals surface area contributed by atoms with E-state index < -0.39 is 23.9 Å². The van der Waals surface area contributed by atoms with E-state index in [9.17, 15) is 14.4 Å². The van der Waals surface area contributed by atoms with Crippen LogP contribution in [-0.4, -0.2) is 41.9 Å². The minimum absolute atomic E-state index is 0.180. The molecule has 1 aromatic carbocycles. The third-order valence-electron chi connectivity index (χ3n) is 3.62. The summed E-state index contributed by atoms with van der Waals surface area (Å²) in [6.45, 7) is 3.42. The lowest BCUT2D eigenvalue weighted by Gasteiger charge is -2.19. The lowest BCUT2D eigenvalue weighted by Crippen LogP contribution is -2.41. The van der Waals surface area contributed by atoms with E-state index in [4.69, 9.17) is 5.26 Å². The summed E-state index contributed by atoms with van der Waals surface area (Å²) in [6.07, 6.45) is 0.180. The van der Waals surface area contributed by atoms with E-state index in [-0.39, 0.29) is 19.5 Å². The number of hydrogen-bond acceptors (Lipinski definition) is 4. The van der Waals surface area contributed by atoms with Crippen LogP contribution in [0.3, 0.4) is 0 Å². The minimum Gasteiger partial charge on any atom is -0.354 e. The largest absolute Gasteiger partial charge is 0.354 e. The molecule has 1 aliphatic heterocycles. The number of amides is 4. The molecular formula is C16H18N4O3. The smallest absolute Gasteiger partial charge is 0.332 e. The van der Waals surface area contributed by atoms with Gasteiger partial charge in [-0.3, -0.25) is 19.4 Å². The summed E-state index contributed by atoms with van der Waals surface area (Å²) in [5, 5.41) is 10.9. The summed E-state index contributed by atoms with van der Waals surface area (Å²) in [5.74, 6) is -0.870. The van der Waals surface area contributed by atoms with Gasteiger partial charge < -0.3 is 5.32 Å². The number of benzene rings is 1. The van der Waals surface area contributed by atoms with Gasteiger partial charge in [0.05, 0.1) is 12.5 Å². The Morgan fingerprint density at radius 1 is 1.30 bits per heavy atom. The molecule has 0 unspecified atom stereocenters. The first kappa shape index (κ1) is 16.5. The van der Waals surface area contributed by atoms with E-state index in [2.05, 4.69) is 5.32 Å². The monoisotopic (exact) mass is 314 g/mol. The number of aryl methyl sites for hydroxylation is 1. The minimum atomic E-state index is -0.655. The first-order valence-corrected chi connectivity index (χ1v) is 7.30. The van der Waals surface area contributed by atoms with Crippen LogP contribution in [0.1, 0.15) is 18.9 Å². The van der Waals surface area contributed by atoms with Gasteiger partial charge in [0.25, 0.3) is 5.91 Å². The van der Waals surface area contributed by atoms with Crippen molar-refractivity contribution in [1.82, 2.24) is 10.2 Å². The van der Waals surface area contributed by atoms with E-state index in [1.165, 1.54) is 4.90 Å². The van der Waals surface area contributed by atoms with E-state index in [0.717, 1.165) is 10.5 Å². The van der Waals surface area contributed by atoms with Crippen LogP contribution in [0.4, 0.5) is 10.5 Å². The lowest BCUT2D eigenvalue weighted by atomic mass is 10.2. The highest BCUT2D eigenvalue weighted by Gasteiger charge is 2.43. The molecule has 0 bridgehead atoms. The van der Waals surface area contributed by atoms with Gasteiger partial charge in [0.2, 0.25) is 5.91 Å². The van der Waals surface area contributed by atoms with Gasteiger partial charge in [-0.15, -0.1) is 0 Å². The van der Waals surface area contributed by atoms with Crippen LogP contribution in [0.15, 0.2) is 24.3 Å². The molecule has 7 heteroatoms. The highest BCUT2D eigenvalue weighted by atomic mass is 16.2. The van der Waals surface area contributed by atoms with Gasteiger partial charge in [-0.25, -0.2) is 4.79 Å². The number of nitrogens with zero attached hydrogens (tertiary/aromatic N) is 3. The first-order chi connectivity index (χ1) is 11.0. The summed E-state index contributed by atoms with van der Waals surface area (Å²) in [6, 6.07) is 8.00. The van der Waals surface area contributed by atoms with Gasteiger partial charge in [0, 0.05) is 12.2 Å². The molecule has 0 saturated carbocycles. The Labute approximate surface area is 134 Å². The van der Waals surface area contributed by atoms with Gasteiger partial charge in [0.15, 0.2) is 0 Å². The standard InChI is InChI=1S/C16H18N4O3/c1-11-4-6-13(7-5-11)20-12(2)15(22)19(16(20)23)10-14(21)18-9-3-8-17/h4-7,12H,3,9-10H2,1-2H3,(H,18,21)/t12-/m1/s1. The third kappa shape index (κ3) is 3.48. The number of nitriles is 1. The van der Waals surface area contributed by atoms with Crippen LogP contribution in [-0.2, 0) is 9.59 Å². The first-order valence-electron chi connectivity index (χ1n) is 7.30. The van der Waals surface area contributed by atoms with E-state index in [1.807, 2.05) is 25.1 Å². The number of carbonyl (C=O) groups excluding carboxylic acids is 3. The molecule has 1 heterocycles. The number of anilines is 1. The zero-order valence-corrected chi connectivity index (χ0v) is 13.1. The Morgan fingerprint density at radius 2 is 1.96 bits per heavy atom. The summed E-state index contributed by atoms with van der Waals surface area (Å²) >= 11 is 0. The normalized spacial score (nSPS) is 17.3. The fraction of sp³-hybridized carbons (Fsp3) is 0.375. The zero-order chi connectivity index (χ0) is 17.0. The highest BCUT2D eigenvalue weighted by molar-refractivity contribution is 6.15. The van der Waals surface area contributed by atoms with Crippen LogP contribution in [0.5, 0.6) is 0 Å². The van der Waals surface area contributed by atoms with Crippen LogP contribution >= 0.6 is 0 Å². The van der Waals surface area contributed by atoms with Gasteiger partial charge in [-0.1, -0.05) is 17.7 Å². The Kier molecular flexibility index (Phi) is 4.96. The molecule has 23 heavy (non-hydrogen) atoms. The molecule has 2 rings (SSSR count). The fourth-order valence-corrected chi connectivity index (χ4v) is 2.37. The molecule has 1 saturated heterocycles. The maximum absolute atomic E-state index is 12.5. The van der Waals surface area contributed by atoms with Gasteiger partial charge >= 0.3 is 6.03 Å². The van der Waals surface area contributed by atoms with E-state index in [0.29, 0.717) is 5.69 Å². The topological polar surface area (TPSA) is 93.5 Å². The lowest BCUT2D eigenvalue weighted by molar-refractivity contribution is -0.131. The molecule has 1 aromatic rings. The SMILES string of the molecule is Cc1ccc(N2C(=O)N(CC(=O)NCCC#N)C(=O)[C@H]2C)cc1. The van der Waals surface area contributed by atoms with Crippen molar-refractivity contribution < 1.29 is 14.4 Å². The Hall–Kier alpha value is -2.88. The number of urea groups is 1. The number of rotatable bonds is 5. The quantitative estimate of drug-likeness (QED) is 0.652. The molecule has 0 aliphatic carbocycles. The molecule has 1 atom stereocenters. The molecule has 7 nitrogen and oxygen atoms in total. The average Bonchev–Trinajstić information content (AvgIpc) is 2.73. The van der Waals surface area contributed by atoms with Crippen molar-refractivity contribution in [2.45, 2.75) is 26.3 Å². The summed E-state index contributed by atoms with van der Waals surface area (Å²) < 4.78 is 0. The van der Waals surface area contributed by atoms with Crippen molar-refractivity contribution in [3.05, 3.63) is 29.8 Å². The number of hydrogen-bond donors (Lipinski definition) is 1. The summed E-state index contributed by atoms with van der Waals surface area (Å²) in [7, 11) is 0. The molecule has 1 aliphatic rings. The van der Waals surface area contributed by atoms with Crippen molar-refractivity contribution in [2.75, 3.05) is 18.0 Å². The molecule has 120 valence electrons. The van der Waals surface area contributed by atoms with Crippen LogP contribution < -0.4 is 10.2 Å². The Morgan fingerprint density at radius 3 is 2.57 bits per heavy atom. The Balaban J connectivity index is 2.10.